The molecule has 3 rings (SSSR count). The van der Waals surface area contributed by atoms with Crippen LogP contribution in [0.5, 0.6) is 0 Å². The van der Waals surface area contributed by atoms with Crippen molar-refractivity contribution in [3.63, 3.8) is 0 Å². The maximum atomic E-state index is 12.4. The molecule has 3 aliphatic rings. The molecule has 23 heavy (non-hydrogen) atoms. The Morgan fingerprint density at radius 1 is 1.04 bits per heavy atom. The van der Waals surface area contributed by atoms with Gasteiger partial charge in [-0.2, -0.15) is 0 Å². The number of hydrogen-bond acceptors (Lipinski definition) is 4. The fourth-order valence-electron chi connectivity index (χ4n) is 4.64. The van der Waals surface area contributed by atoms with E-state index in [9.17, 15) is 14.7 Å². The summed E-state index contributed by atoms with van der Waals surface area (Å²) < 4.78 is 0. The summed E-state index contributed by atoms with van der Waals surface area (Å²) in [5, 5.41) is 15.3. The van der Waals surface area contributed by atoms with Crippen molar-refractivity contribution in [1.29, 1.82) is 0 Å². The van der Waals surface area contributed by atoms with Crippen LogP contribution in [0.15, 0.2) is 0 Å². The average Bonchev–Trinajstić information content (AvgIpc) is 2.79. The van der Waals surface area contributed by atoms with E-state index >= 15 is 0 Å². The Kier molecular flexibility index (Phi) is 5.21. The number of aliphatic hydroxyl groups is 1. The number of rotatable bonds is 3. The summed E-state index contributed by atoms with van der Waals surface area (Å²) in [5.74, 6) is -0.230. The standard InChI is InChI=1S/C17H29N3O3/c1-11(20-13-7-8-14(20)10-15(21)9-13)16(22)19-17(23)18-12-5-3-2-4-6-12/h11-15,21H,2-10H2,1H3,(H2,18,19,22,23)/t11-,13-,14-/m0/s1. The van der Waals surface area contributed by atoms with E-state index in [2.05, 4.69) is 15.5 Å². The van der Waals surface area contributed by atoms with Crippen LogP contribution >= 0.6 is 0 Å². The van der Waals surface area contributed by atoms with E-state index in [1.165, 1.54) is 6.42 Å². The molecule has 2 saturated heterocycles. The van der Waals surface area contributed by atoms with Gasteiger partial charge >= 0.3 is 6.03 Å². The predicted molar refractivity (Wildman–Crippen MR) is 86.9 cm³/mol. The second-order valence-corrected chi connectivity index (χ2v) is 7.43. The minimum Gasteiger partial charge on any atom is -0.393 e. The van der Waals surface area contributed by atoms with Gasteiger partial charge in [-0.1, -0.05) is 19.3 Å². The molecule has 0 aromatic rings. The minimum absolute atomic E-state index is 0.202. The van der Waals surface area contributed by atoms with Crippen molar-refractivity contribution in [1.82, 2.24) is 15.5 Å². The normalized spacial score (nSPS) is 33.2. The first-order chi connectivity index (χ1) is 11.0. The molecule has 3 atom stereocenters. The van der Waals surface area contributed by atoms with Crippen molar-refractivity contribution in [3.05, 3.63) is 0 Å². The number of hydrogen-bond donors (Lipinski definition) is 3. The Bertz CT molecular complexity index is 436. The van der Waals surface area contributed by atoms with Gasteiger partial charge < -0.3 is 10.4 Å². The Morgan fingerprint density at radius 3 is 2.26 bits per heavy atom. The Balaban J connectivity index is 1.50. The van der Waals surface area contributed by atoms with Crippen LogP contribution in [0, 0.1) is 0 Å². The van der Waals surface area contributed by atoms with E-state index in [4.69, 9.17) is 0 Å². The Morgan fingerprint density at radius 2 is 1.65 bits per heavy atom. The predicted octanol–water partition coefficient (Wildman–Crippen LogP) is 1.52. The molecule has 0 spiro atoms. The fraction of sp³-hybridized carbons (Fsp3) is 0.882. The first-order valence-corrected chi connectivity index (χ1v) is 9.11. The van der Waals surface area contributed by atoms with E-state index in [1.807, 2.05) is 6.92 Å². The van der Waals surface area contributed by atoms with Crippen LogP contribution in [0.4, 0.5) is 4.79 Å². The molecule has 3 N–H and O–H groups in total. The maximum absolute atomic E-state index is 12.4. The molecule has 1 aliphatic carbocycles. The summed E-state index contributed by atoms with van der Waals surface area (Å²) in [6, 6.07) is 0.0558. The van der Waals surface area contributed by atoms with Gasteiger partial charge in [0.05, 0.1) is 12.1 Å². The molecule has 3 fully saturated rings. The number of amides is 3. The number of piperidine rings is 1. The zero-order valence-electron chi connectivity index (χ0n) is 14.0. The molecule has 0 unspecified atom stereocenters. The molecule has 130 valence electrons. The molecule has 3 amide bonds. The average molecular weight is 323 g/mol. The Labute approximate surface area is 138 Å². The number of imide groups is 1. The van der Waals surface area contributed by atoms with Crippen molar-refractivity contribution in [2.45, 2.75) is 95.0 Å². The van der Waals surface area contributed by atoms with Gasteiger partial charge in [0, 0.05) is 18.1 Å². The molecule has 6 nitrogen and oxygen atoms in total. The summed E-state index contributed by atoms with van der Waals surface area (Å²) in [5.41, 5.74) is 0. The number of aliphatic hydroxyl groups excluding tert-OH is 1. The summed E-state index contributed by atoms with van der Waals surface area (Å²) in [6.07, 6.45) is 8.85. The smallest absolute Gasteiger partial charge is 0.321 e. The second kappa shape index (κ2) is 7.18. The molecule has 2 aliphatic heterocycles. The van der Waals surface area contributed by atoms with Crippen molar-refractivity contribution in [3.8, 4) is 0 Å². The Hall–Kier alpha value is -1.14. The molecule has 6 heteroatoms. The van der Waals surface area contributed by atoms with Crippen molar-refractivity contribution < 1.29 is 14.7 Å². The SMILES string of the molecule is C[C@@H](C(=O)NC(=O)NC1CCCCC1)N1[C@H]2CC[C@H]1CC(O)C2. The maximum Gasteiger partial charge on any atom is 0.321 e. The van der Waals surface area contributed by atoms with Crippen LogP contribution in [-0.4, -0.2) is 52.2 Å². The lowest BCUT2D eigenvalue weighted by Crippen LogP contribution is -2.56. The molecule has 0 aromatic carbocycles. The van der Waals surface area contributed by atoms with Gasteiger partial charge in [0.1, 0.15) is 0 Å². The molecule has 0 radical (unpaired) electrons. The summed E-state index contributed by atoms with van der Waals surface area (Å²) in [4.78, 5) is 26.7. The van der Waals surface area contributed by atoms with Gasteiger partial charge in [0.25, 0.3) is 0 Å². The van der Waals surface area contributed by atoms with Crippen molar-refractivity contribution in [2.75, 3.05) is 0 Å². The van der Waals surface area contributed by atoms with Crippen LogP contribution < -0.4 is 10.6 Å². The molecular formula is C17H29N3O3. The van der Waals surface area contributed by atoms with Crippen LogP contribution in [-0.2, 0) is 4.79 Å². The lowest BCUT2D eigenvalue weighted by Gasteiger charge is -2.40. The molecule has 2 bridgehead atoms. The summed E-state index contributed by atoms with van der Waals surface area (Å²) in [6.45, 7) is 1.87. The number of carbonyl (C=O) groups excluding carboxylic acids is 2. The summed E-state index contributed by atoms with van der Waals surface area (Å²) >= 11 is 0. The van der Waals surface area contributed by atoms with Crippen LogP contribution in [0.25, 0.3) is 0 Å². The first-order valence-electron chi connectivity index (χ1n) is 9.11. The van der Waals surface area contributed by atoms with Crippen LogP contribution in [0.3, 0.4) is 0 Å². The zero-order valence-corrected chi connectivity index (χ0v) is 14.0. The summed E-state index contributed by atoms with van der Waals surface area (Å²) in [7, 11) is 0. The minimum atomic E-state index is -0.363. The monoisotopic (exact) mass is 323 g/mol. The lowest BCUT2D eigenvalue weighted by atomic mass is 9.96. The largest absolute Gasteiger partial charge is 0.393 e. The van der Waals surface area contributed by atoms with E-state index in [1.54, 1.807) is 0 Å². The molecule has 1 saturated carbocycles. The van der Waals surface area contributed by atoms with Gasteiger partial charge in [0.2, 0.25) is 5.91 Å². The van der Waals surface area contributed by atoms with Crippen molar-refractivity contribution in [2.24, 2.45) is 0 Å². The van der Waals surface area contributed by atoms with Gasteiger partial charge in [0.15, 0.2) is 0 Å². The zero-order chi connectivity index (χ0) is 16.4. The third-order valence-corrected chi connectivity index (χ3v) is 5.77. The topological polar surface area (TPSA) is 81.7 Å². The highest BCUT2D eigenvalue weighted by Crippen LogP contribution is 2.37. The number of urea groups is 1. The number of nitrogens with zero attached hydrogens (tertiary/aromatic N) is 1. The van der Waals surface area contributed by atoms with E-state index in [0.29, 0.717) is 0 Å². The second-order valence-electron chi connectivity index (χ2n) is 7.43. The molecule has 2 heterocycles. The fourth-order valence-corrected chi connectivity index (χ4v) is 4.64. The third kappa shape index (κ3) is 3.86. The van der Waals surface area contributed by atoms with E-state index < -0.39 is 0 Å². The van der Waals surface area contributed by atoms with E-state index in [-0.39, 0.29) is 42.2 Å². The number of nitrogens with one attached hydrogen (secondary N) is 2. The van der Waals surface area contributed by atoms with Gasteiger partial charge in [-0.3, -0.25) is 15.0 Å². The number of fused-ring (bicyclic) bond motifs is 2. The first kappa shape index (κ1) is 16.7. The van der Waals surface area contributed by atoms with Crippen LogP contribution in [0.2, 0.25) is 0 Å². The van der Waals surface area contributed by atoms with Gasteiger partial charge in [-0.05, 0) is 45.4 Å². The quantitative estimate of drug-likeness (QED) is 0.735. The highest BCUT2D eigenvalue weighted by atomic mass is 16.3. The molecular weight excluding hydrogens is 294 g/mol. The van der Waals surface area contributed by atoms with Gasteiger partial charge in [-0.15, -0.1) is 0 Å². The van der Waals surface area contributed by atoms with Crippen LogP contribution in [0.1, 0.15) is 64.7 Å². The highest BCUT2D eigenvalue weighted by Gasteiger charge is 2.44. The molecule has 0 aromatic heterocycles. The lowest BCUT2D eigenvalue weighted by molar-refractivity contribution is -0.127. The highest BCUT2D eigenvalue weighted by molar-refractivity contribution is 5.96. The third-order valence-electron chi connectivity index (χ3n) is 5.77. The van der Waals surface area contributed by atoms with Gasteiger partial charge in [-0.25, -0.2) is 4.79 Å². The van der Waals surface area contributed by atoms with E-state index in [0.717, 1.165) is 51.4 Å². The van der Waals surface area contributed by atoms with Crippen molar-refractivity contribution >= 4 is 11.9 Å². The number of carbonyl (C=O) groups is 2.